The number of rotatable bonds is 3. The summed E-state index contributed by atoms with van der Waals surface area (Å²) in [6.07, 6.45) is -0.448. The number of nitrogens with one attached hydrogen (secondary N) is 1. The number of nitrogens with zero attached hydrogens (tertiary/aromatic N) is 1. The van der Waals surface area contributed by atoms with Crippen LogP contribution in [-0.2, 0) is 0 Å². The van der Waals surface area contributed by atoms with Gasteiger partial charge in [-0.1, -0.05) is 36.4 Å². The van der Waals surface area contributed by atoms with E-state index in [1.165, 1.54) is 7.11 Å². The smallest absolute Gasteiger partial charge is 0.262 e. The molecule has 1 heterocycles. The van der Waals surface area contributed by atoms with E-state index in [1.807, 2.05) is 60.7 Å². The first-order valence-electron chi connectivity index (χ1n) is 8.30. The molecule has 1 aliphatic heterocycles. The zero-order chi connectivity index (χ0) is 18.1. The number of amides is 1. The molecule has 2 N–H and O–H groups in total. The van der Waals surface area contributed by atoms with Crippen LogP contribution in [0.25, 0.3) is 0 Å². The van der Waals surface area contributed by atoms with Gasteiger partial charge in [-0.2, -0.15) is 0 Å². The lowest BCUT2D eigenvalue weighted by molar-refractivity contribution is 0.0975. The summed E-state index contributed by atoms with van der Waals surface area (Å²) in [5.41, 5.74) is 2.92. The molecule has 1 atom stereocenters. The second kappa shape index (κ2) is 6.44. The Labute approximate surface area is 151 Å². The Morgan fingerprint density at radius 3 is 2.46 bits per heavy atom. The molecule has 0 unspecified atom stereocenters. The highest BCUT2D eigenvalue weighted by Gasteiger charge is 2.34. The predicted molar refractivity (Wildman–Crippen MR) is 101 cm³/mol. The quantitative estimate of drug-likeness (QED) is 0.747. The lowest BCUT2D eigenvalue weighted by atomic mass is 10.0. The third-order valence-corrected chi connectivity index (χ3v) is 4.48. The predicted octanol–water partition coefficient (Wildman–Crippen LogP) is 4.17. The molecule has 0 saturated heterocycles. The number of fused-ring (bicyclic) bond motifs is 1. The number of hydrogen-bond acceptors (Lipinski definition) is 4. The van der Waals surface area contributed by atoms with Gasteiger partial charge in [0.1, 0.15) is 6.17 Å². The zero-order valence-electron chi connectivity index (χ0n) is 14.2. The molecule has 0 saturated carbocycles. The number of carbonyl (C=O) groups is 1. The number of carbonyl (C=O) groups excluding carboxylic acids is 1. The molecular weight excluding hydrogens is 328 g/mol. The Morgan fingerprint density at radius 1 is 1.00 bits per heavy atom. The zero-order valence-corrected chi connectivity index (χ0v) is 14.2. The minimum atomic E-state index is -0.448. The summed E-state index contributed by atoms with van der Waals surface area (Å²) in [6, 6.07) is 22.1. The summed E-state index contributed by atoms with van der Waals surface area (Å²) in [5.74, 6) is 0.333. The average Bonchev–Trinajstić information content (AvgIpc) is 2.68. The summed E-state index contributed by atoms with van der Waals surface area (Å²) < 4.78 is 5.13. The molecule has 0 aliphatic carbocycles. The SMILES string of the molecule is COc1ccc([C@H]2Nc3ccccc3C(=O)N2c2ccccc2)cc1O. The lowest BCUT2D eigenvalue weighted by Crippen LogP contribution is -2.43. The van der Waals surface area contributed by atoms with Crippen LogP contribution in [0.1, 0.15) is 22.1 Å². The molecule has 3 aromatic rings. The van der Waals surface area contributed by atoms with E-state index in [-0.39, 0.29) is 11.7 Å². The highest BCUT2D eigenvalue weighted by Crippen LogP contribution is 2.38. The molecule has 5 heteroatoms. The van der Waals surface area contributed by atoms with E-state index in [0.29, 0.717) is 11.3 Å². The number of phenolic OH excluding ortho intramolecular Hbond substituents is 1. The summed E-state index contributed by atoms with van der Waals surface area (Å²) >= 11 is 0. The van der Waals surface area contributed by atoms with Crippen molar-refractivity contribution in [2.24, 2.45) is 0 Å². The average molecular weight is 346 g/mol. The maximum absolute atomic E-state index is 13.2. The lowest BCUT2D eigenvalue weighted by Gasteiger charge is -2.38. The number of ether oxygens (including phenoxy) is 1. The standard InChI is InChI=1S/C21H18N2O3/c1-26-19-12-11-14(13-18(19)24)20-22-17-10-6-5-9-16(17)21(25)23(20)15-7-3-2-4-8-15/h2-13,20,22,24H,1H3/t20-/m0/s1. The normalized spacial score (nSPS) is 16.0. The van der Waals surface area contributed by atoms with Gasteiger partial charge in [0, 0.05) is 11.4 Å². The molecule has 0 spiro atoms. The van der Waals surface area contributed by atoms with E-state index in [2.05, 4.69) is 5.32 Å². The van der Waals surface area contributed by atoms with Crippen LogP contribution < -0.4 is 15.0 Å². The molecule has 3 aromatic carbocycles. The van der Waals surface area contributed by atoms with E-state index in [4.69, 9.17) is 4.74 Å². The largest absolute Gasteiger partial charge is 0.504 e. The van der Waals surface area contributed by atoms with Gasteiger partial charge < -0.3 is 15.2 Å². The van der Waals surface area contributed by atoms with Crippen LogP contribution in [0.5, 0.6) is 11.5 Å². The van der Waals surface area contributed by atoms with Crippen LogP contribution in [0.4, 0.5) is 11.4 Å². The van der Waals surface area contributed by atoms with Crippen molar-refractivity contribution < 1.29 is 14.6 Å². The molecule has 130 valence electrons. The number of hydrogen-bond donors (Lipinski definition) is 2. The van der Waals surface area contributed by atoms with Crippen LogP contribution in [0.3, 0.4) is 0 Å². The Balaban J connectivity index is 1.85. The summed E-state index contributed by atoms with van der Waals surface area (Å²) in [7, 11) is 1.50. The number of para-hydroxylation sites is 2. The first-order chi connectivity index (χ1) is 12.7. The Kier molecular flexibility index (Phi) is 3.97. The van der Waals surface area contributed by atoms with Gasteiger partial charge in [-0.25, -0.2) is 0 Å². The van der Waals surface area contributed by atoms with Gasteiger partial charge in [-0.15, -0.1) is 0 Å². The number of benzene rings is 3. The van der Waals surface area contributed by atoms with E-state index in [9.17, 15) is 9.90 Å². The Bertz CT molecular complexity index is 956. The summed E-state index contributed by atoms with van der Waals surface area (Å²) in [4.78, 5) is 14.9. The van der Waals surface area contributed by atoms with Crippen LogP contribution in [0.2, 0.25) is 0 Å². The monoisotopic (exact) mass is 346 g/mol. The second-order valence-electron chi connectivity index (χ2n) is 6.03. The van der Waals surface area contributed by atoms with Gasteiger partial charge in [0.15, 0.2) is 11.5 Å². The van der Waals surface area contributed by atoms with Gasteiger partial charge in [0.05, 0.1) is 12.7 Å². The fourth-order valence-corrected chi connectivity index (χ4v) is 3.22. The summed E-state index contributed by atoms with van der Waals surface area (Å²) in [5, 5.41) is 13.6. The van der Waals surface area contributed by atoms with E-state index >= 15 is 0 Å². The Morgan fingerprint density at radius 2 is 1.73 bits per heavy atom. The van der Waals surface area contributed by atoms with Gasteiger partial charge in [-0.05, 0) is 42.0 Å². The van der Waals surface area contributed by atoms with Crippen molar-refractivity contribution in [2.75, 3.05) is 17.3 Å². The van der Waals surface area contributed by atoms with Crippen LogP contribution in [0.15, 0.2) is 72.8 Å². The third-order valence-electron chi connectivity index (χ3n) is 4.48. The van der Waals surface area contributed by atoms with E-state index < -0.39 is 6.17 Å². The Hall–Kier alpha value is -3.47. The number of anilines is 2. The maximum Gasteiger partial charge on any atom is 0.262 e. The summed E-state index contributed by atoms with van der Waals surface area (Å²) in [6.45, 7) is 0. The number of methoxy groups -OCH3 is 1. The molecule has 0 aromatic heterocycles. The minimum Gasteiger partial charge on any atom is -0.504 e. The molecule has 1 aliphatic rings. The fraction of sp³-hybridized carbons (Fsp3) is 0.0952. The van der Waals surface area contributed by atoms with Gasteiger partial charge >= 0.3 is 0 Å². The van der Waals surface area contributed by atoms with Crippen molar-refractivity contribution in [3.63, 3.8) is 0 Å². The van der Waals surface area contributed by atoms with E-state index in [0.717, 1.165) is 16.9 Å². The minimum absolute atomic E-state index is 0.0334. The second-order valence-corrected chi connectivity index (χ2v) is 6.03. The molecule has 5 nitrogen and oxygen atoms in total. The molecular formula is C21H18N2O3. The molecule has 0 bridgehead atoms. The molecule has 4 rings (SSSR count). The van der Waals surface area contributed by atoms with E-state index in [1.54, 1.807) is 17.0 Å². The first-order valence-corrected chi connectivity index (χ1v) is 8.30. The van der Waals surface area contributed by atoms with Crippen LogP contribution in [0, 0.1) is 0 Å². The highest BCUT2D eigenvalue weighted by molar-refractivity contribution is 6.12. The number of phenols is 1. The molecule has 0 radical (unpaired) electrons. The number of aromatic hydroxyl groups is 1. The van der Waals surface area contributed by atoms with Crippen LogP contribution >= 0.6 is 0 Å². The van der Waals surface area contributed by atoms with Crippen molar-refractivity contribution in [1.29, 1.82) is 0 Å². The molecule has 26 heavy (non-hydrogen) atoms. The van der Waals surface area contributed by atoms with Crippen molar-refractivity contribution in [3.8, 4) is 11.5 Å². The van der Waals surface area contributed by atoms with Gasteiger partial charge in [0.25, 0.3) is 5.91 Å². The van der Waals surface area contributed by atoms with Crippen molar-refractivity contribution >= 4 is 17.3 Å². The van der Waals surface area contributed by atoms with Gasteiger partial charge in [0.2, 0.25) is 0 Å². The first kappa shape index (κ1) is 16.0. The maximum atomic E-state index is 13.2. The fourth-order valence-electron chi connectivity index (χ4n) is 3.22. The third kappa shape index (κ3) is 2.63. The molecule has 1 amide bonds. The highest BCUT2D eigenvalue weighted by atomic mass is 16.5. The topological polar surface area (TPSA) is 61.8 Å². The van der Waals surface area contributed by atoms with Crippen molar-refractivity contribution in [3.05, 3.63) is 83.9 Å². The molecule has 0 fully saturated rings. The van der Waals surface area contributed by atoms with Crippen molar-refractivity contribution in [2.45, 2.75) is 6.17 Å². The van der Waals surface area contributed by atoms with Crippen molar-refractivity contribution in [1.82, 2.24) is 0 Å². The van der Waals surface area contributed by atoms with Crippen LogP contribution in [-0.4, -0.2) is 18.1 Å². The van der Waals surface area contributed by atoms with Gasteiger partial charge in [-0.3, -0.25) is 9.69 Å².